The van der Waals surface area contributed by atoms with E-state index in [-0.39, 0.29) is 0 Å². The van der Waals surface area contributed by atoms with Gasteiger partial charge in [0.1, 0.15) is 0 Å². The Kier molecular flexibility index (Phi) is 5.41. The highest BCUT2D eigenvalue weighted by Gasteiger charge is 2.19. The molecule has 1 N–H and O–H groups in total. The van der Waals surface area contributed by atoms with E-state index in [9.17, 15) is 9.59 Å². The topological polar surface area (TPSA) is 55.4 Å². The molecule has 1 atom stereocenters. The monoisotopic (exact) mass is 337 g/mol. The molecule has 22 heavy (non-hydrogen) atoms. The van der Waals surface area contributed by atoms with Crippen LogP contribution >= 0.6 is 23.2 Å². The Hall–Kier alpha value is -2.04. The largest absolute Gasteiger partial charge is 0.449 e. The summed E-state index contributed by atoms with van der Waals surface area (Å²) in [5, 5.41) is 3.53. The third-order valence-corrected chi connectivity index (χ3v) is 3.45. The van der Waals surface area contributed by atoms with Gasteiger partial charge in [-0.1, -0.05) is 35.3 Å². The lowest BCUT2D eigenvalue weighted by Gasteiger charge is -2.14. The summed E-state index contributed by atoms with van der Waals surface area (Å²) in [5.74, 6) is -1.06. The van der Waals surface area contributed by atoms with Crippen molar-refractivity contribution in [3.05, 3.63) is 64.1 Å². The van der Waals surface area contributed by atoms with Gasteiger partial charge in [0.15, 0.2) is 6.10 Å². The Morgan fingerprint density at radius 2 is 1.68 bits per heavy atom. The van der Waals surface area contributed by atoms with Gasteiger partial charge in [-0.2, -0.15) is 0 Å². The summed E-state index contributed by atoms with van der Waals surface area (Å²) >= 11 is 11.7. The predicted molar refractivity (Wildman–Crippen MR) is 86.4 cm³/mol. The fourth-order valence-electron chi connectivity index (χ4n) is 1.67. The standard InChI is InChI=1S/C16H13Cl2NO3/c1-10(15(20)19-14-5-3-2-4-13(14)18)22-16(21)11-6-8-12(17)9-7-11/h2-10H,1H3,(H,19,20). The van der Waals surface area contributed by atoms with Crippen molar-refractivity contribution in [1.29, 1.82) is 0 Å². The van der Waals surface area contributed by atoms with Gasteiger partial charge in [0.25, 0.3) is 5.91 Å². The molecule has 4 nitrogen and oxygen atoms in total. The van der Waals surface area contributed by atoms with Crippen molar-refractivity contribution in [3.63, 3.8) is 0 Å². The molecule has 0 bridgehead atoms. The molecule has 0 radical (unpaired) electrons. The maximum absolute atomic E-state index is 12.0. The number of hydrogen-bond acceptors (Lipinski definition) is 3. The van der Waals surface area contributed by atoms with Gasteiger partial charge in [0.2, 0.25) is 0 Å². The normalized spacial score (nSPS) is 11.6. The van der Waals surface area contributed by atoms with Gasteiger partial charge in [-0.3, -0.25) is 4.79 Å². The van der Waals surface area contributed by atoms with Crippen molar-refractivity contribution in [1.82, 2.24) is 0 Å². The van der Waals surface area contributed by atoms with Crippen molar-refractivity contribution >= 4 is 40.8 Å². The number of esters is 1. The molecule has 2 aromatic carbocycles. The third-order valence-electron chi connectivity index (χ3n) is 2.86. The molecule has 1 amide bonds. The number of carbonyl (C=O) groups is 2. The van der Waals surface area contributed by atoms with Gasteiger partial charge >= 0.3 is 5.97 Å². The highest BCUT2D eigenvalue weighted by molar-refractivity contribution is 6.33. The molecule has 114 valence electrons. The number of amides is 1. The lowest BCUT2D eigenvalue weighted by molar-refractivity contribution is -0.123. The number of hydrogen-bond donors (Lipinski definition) is 1. The van der Waals surface area contributed by atoms with Crippen molar-refractivity contribution in [2.24, 2.45) is 0 Å². The Labute approximate surface area is 138 Å². The van der Waals surface area contributed by atoms with E-state index in [1.807, 2.05) is 0 Å². The van der Waals surface area contributed by atoms with Gasteiger partial charge in [0, 0.05) is 5.02 Å². The molecular weight excluding hydrogens is 325 g/mol. The summed E-state index contributed by atoms with van der Waals surface area (Å²) in [7, 11) is 0. The number of halogens is 2. The summed E-state index contributed by atoms with van der Waals surface area (Å²) in [6, 6.07) is 13.0. The highest BCUT2D eigenvalue weighted by Crippen LogP contribution is 2.20. The van der Waals surface area contributed by atoms with E-state index >= 15 is 0 Å². The van der Waals surface area contributed by atoms with Crippen LogP contribution in [0.5, 0.6) is 0 Å². The lowest BCUT2D eigenvalue weighted by atomic mass is 10.2. The van der Waals surface area contributed by atoms with Crippen LogP contribution in [0.4, 0.5) is 5.69 Å². The van der Waals surface area contributed by atoms with Crippen LogP contribution in [0.1, 0.15) is 17.3 Å². The quantitative estimate of drug-likeness (QED) is 0.851. The van der Waals surface area contributed by atoms with E-state index in [0.29, 0.717) is 21.3 Å². The SMILES string of the molecule is CC(OC(=O)c1ccc(Cl)cc1)C(=O)Nc1ccccc1Cl. The fourth-order valence-corrected chi connectivity index (χ4v) is 1.97. The van der Waals surface area contributed by atoms with Gasteiger partial charge in [-0.15, -0.1) is 0 Å². The fraction of sp³-hybridized carbons (Fsp3) is 0.125. The number of carbonyl (C=O) groups excluding carboxylic acids is 2. The predicted octanol–water partition coefficient (Wildman–Crippen LogP) is 4.18. The van der Waals surface area contributed by atoms with Crippen LogP contribution in [0.3, 0.4) is 0 Å². The summed E-state index contributed by atoms with van der Waals surface area (Å²) in [5.41, 5.74) is 0.783. The maximum Gasteiger partial charge on any atom is 0.338 e. The summed E-state index contributed by atoms with van der Waals surface area (Å²) in [6.07, 6.45) is -0.959. The number of rotatable bonds is 4. The van der Waals surface area contributed by atoms with Gasteiger partial charge in [0.05, 0.1) is 16.3 Å². The Bertz CT molecular complexity index is 686. The van der Waals surface area contributed by atoms with Crippen molar-refractivity contribution in [3.8, 4) is 0 Å². The summed E-state index contributed by atoms with van der Waals surface area (Å²) < 4.78 is 5.11. The molecule has 2 aromatic rings. The van der Waals surface area contributed by atoms with Crippen molar-refractivity contribution < 1.29 is 14.3 Å². The number of anilines is 1. The van der Waals surface area contributed by atoms with Crippen LogP contribution in [-0.4, -0.2) is 18.0 Å². The molecule has 2 rings (SSSR count). The molecule has 0 aliphatic heterocycles. The van der Waals surface area contributed by atoms with E-state index in [1.54, 1.807) is 36.4 Å². The second-order valence-electron chi connectivity index (χ2n) is 4.52. The second kappa shape index (κ2) is 7.29. The first-order valence-corrected chi connectivity index (χ1v) is 7.25. The van der Waals surface area contributed by atoms with E-state index in [1.165, 1.54) is 19.1 Å². The van der Waals surface area contributed by atoms with E-state index in [0.717, 1.165) is 0 Å². The smallest absolute Gasteiger partial charge is 0.338 e. The average molecular weight is 338 g/mol. The molecule has 0 aliphatic rings. The van der Waals surface area contributed by atoms with Crippen LogP contribution in [0.2, 0.25) is 10.0 Å². The Morgan fingerprint density at radius 1 is 1.05 bits per heavy atom. The molecule has 0 saturated carbocycles. The molecule has 0 fully saturated rings. The zero-order chi connectivity index (χ0) is 16.1. The van der Waals surface area contributed by atoms with Crippen LogP contribution in [0.25, 0.3) is 0 Å². The Morgan fingerprint density at radius 3 is 2.32 bits per heavy atom. The van der Waals surface area contributed by atoms with E-state index in [4.69, 9.17) is 27.9 Å². The number of benzene rings is 2. The minimum absolute atomic E-state index is 0.321. The maximum atomic E-state index is 12.0. The first-order valence-electron chi connectivity index (χ1n) is 6.49. The molecule has 6 heteroatoms. The number of ether oxygens (including phenoxy) is 1. The average Bonchev–Trinajstić information content (AvgIpc) is 2.50. The molecule has 0 spiro atoms. The first kappa shape index (κ1) is 16.3. The van der Waals surface area contributed by atoms with Crippen LogP contribution in [0, 0.1) is 0 Å². The summed E-state index contributed by atoms with van der Waals surface area (Å²) in [6.45, 7) is 1.49. The third kappa shape index (κ3) is 4.23. The number of nitrogens with one attached hydrogen (secondary N) is 1. The van der Waals surface area contributed by atoms with Crippen LogP contribution in [-0.2, 0) is 9.53 Å². The summed E-state index contributed by atoms with van der Waals surface area (Å²) in [4.78, 5) is 23.9. The van der Waals surface area contributed by atoms with Crippen LogP contribution < -0.4 is 5.32 Å². The Balaban J connectivity index is 1.98. The van der Waals surface area contributed by atoms with Crippen LogP contribution in [0.15, 0.2) is 48.5 Å². The highest BCUT2D eigenvalue weighted by atomic mass is 35.5. The number of para-hydroxylation sites is 1. The lowest BCUT2D eigenvalue weighted by Crippen LogP contribution is -2.30. The molecule has 0 aliphatic carbocycles. The molecular formula is C16H13Cl2NO3. The minimum Gasteiger partial charge on any atom is -0.449 e. The van der Waals surface area contributed by atoms with Gasteiger partial charge < -0.3 is 10.1 Å². The molecule has 0 heterocycles. The van der Waals surface area contributed by atoms with Gasteiger partial charge in [-0.25, -0.2) is 4.79 Å². The van der Waals surface area contributed by atoms with Crippen molar-refractivity contribution in [2.75, 3.05) is 5.32 Å². The van der Waals surface area contributed by atoms with Crippen molar-refractivity contribution in [2.45, 2.75) is 13.0 Å². The van der Waals surface area contributed by atoms with E-state index in [2.05, 4.69) is 5.32 Å². The molecule has 0 saturated heterocycles. The zero-order valence-corrected chi connectivity index (χ0v) is 13.2. The molecule has 0 aromatic heterocycles. The zero-order valence-electron chi connectivity index (χ0n) is 11.7. The van der Waals surface area contributed by atoms with Gasteiger partial charge in [-0.05, 0) is 43.3 Å². The minimum atomic E-state index is -0.959. The second-order valence-corrected chi connectivity index (χ2v) is 5.37. The molecule has 1 unspecified atom stereocenters. The first-order chi connectivity index (χ1) is 10.5. The van der Waals surface area contributed by atoms with E-state index < -0.39 is 18.0 Å².